The fourth-order valence-corrected chi connectivity index (χ4v) is 2.29. The molecule has 0 aromatic heterocycles. The Hall–Kier alpha value is -0.120. The van der Waals surface area contributed by atoms with Crippen LogP contribution in [0.1, 0.15) is 12.8 Å². The molecule has 1 atom stereocenters. The van der Waals surface area contributed by atoms with Crippen molar-refractivity contribution < 1.29 is 4.74 Å². The number of likely N-dealkylation sites (N-methyl/N-ethyl adjacent to an activating group) is 1. The van der Waals surface area contributed by atoms with Gasteiger partial charge < -0.3 is 15.0 Å². The second-order valence-corrected chi connectivity index (χ2v) is 4.05. The number of ether oxygens (including phenoxy) is 1. The summed E-state index contributed by atoms with van der Waals surface area (Å²) < 4.78 is 5.87. The van der Waals surface area contributed by atoms with Crippen LogP contribution in [-0.4, -0.2) is 50.3 Å². The maximum Gasteiger partial charge on any atom is 0.0933 e. The third-order valence-electron chi connectivity index (χ3n) is 2.86. The zero-order valence-corrected chi connectivity index (χ0v) is 7.81. The molecule has 3 nitrogen and oxygen atoms in total. The van der Waals surface area contributed by atoms with E-state index in [-0.39, 0.29) is 5.60 Å². The van der Waals surface area contributed by atoms with Gasteiger partial charge in [-0.05, 0) is 26.4 Å². The van der Waals surface area contributed by atoms with Gasteiger partial charge in [0, 0.05) is 19.6 Å². The van der Waals surface area contributed by atoms with Crippen LogP contribution in [0.3, 0.4) is 0 Å². The number of nitrogens with one attached hydrogen (secondary N) is 1. The molecule has 2 aliphatic heterocycles. The van der Waals surface area contributed by atoms with Gasteiger partial charge in [0.15, 0.2) is 0 Å². The smallest absolute Gasteiger partial charge is 0.0933 e. The van der Waals surface area contributed by atoms with E-state index in [9.17, 15) is 0 Å². The summed E-state index contributed by atoms with van der Waals surface area (Å²) in [5.74, 6) is 0. The Balaban J connectivity index is 1.97. The summed E-state index contributed by atoms with van der Waals surface area (Å²) in [7, 11) is 2.18. The molecule has 1 spiro atoms. The molecule has 2 saturated heterocycles. The lowest BCUT2D eigenvalue weighted by Gasteiger charge is -2.43. The van der Waals surface area contributed by atoms with Gasteiger partial charge >= 0.3 is 0 Å². The van der Waals surface area contributed by atoms with Crippen molar-refractivity contribution in [3.8, 4) is 0 Å². The van der Waals surface area contributed by atoms with Crippen LogP contribution in [0.15, 0.2) is 0 Å². The molecule has 3 heteroatoms. The van der Waals surface area contributed by atoms with E-state index in [1.54, 1.807) is 0 Å². The van der Waals surface area contributed by atoms with Crippen molar-refractivity contribution in [2.24, 2.45) is 0 Å². The molecular formula is C9H18N2O. The molecule has 2 fully saturated rings. The normalized spacial score (nSPS) is 38.8. The summed E-state index contributed by atoms with van der Waals surface area (Å²) in [6, 6.07) is 0. The van der Waals surface area contributed by atoms with Gasteiger partial charge in [0.25, 0.3) is 0 Å². The third-order valence-corrected chi connectivity index (χ3v) is 2.86. The number of rotatable bonds is 0. The quantitative estimate of drug-likeness (QED) is 0.557. The fourth-order valence-electron chi connectivity index (χ4n) is 2.29. The molecule has 2 rings (SSSR count). The Bertz CT molecular complexity index is 149. The van der Waals surface area contributed by atoms with Crippen molar-refractivity contribution in [1.82, 2.24) is 10.2 Å². The molecule has 0 saturated carbocycles. The van der Waals surface area contributed by atoms with Gasteiger partial charge in [0.1, 0.15) is 0 Å². The van der Waals surface area contributed by atoms with Crippen LogP contribution < -0.4 is 5.32 Å². The van der Waals surface area contributed by atoms with Gasteiger partial charge in [0.2, 0.25) is 0 Å². The van der Waals surface area contributed by atoms with E-state index < -0.39 is 0 Å². The minimum Gasteiger partial charge on any atom is -0.371 e. The molecule has 1 N–H and O–H groups in total. The summed E-state index contributed by atoms with van der Waals surface area (Å²) >= 11 is 0. The van der Waals surface area contributed by atoms with Crippen molar-refractivity contribution in [3.05, 3.63) is 0 Å². The first-order valence-electron chi connectivity index (χ1n) is 4.84. The van der Waals surface area contributed by atoms with Crippen LogP contribution in [0, 0.1) is 0 Å². The molecular weight excluding hydrogens is 152 g/mol. The highest BCUT2D eigenvalue weighted by Crippen LogP contribution is 2.25. The van der Waals surface area contributed by atoms with Crippen molar-refractivity contribution in [2.45, 2.75) is 18.4 Å². The highest BCUT2D eigenvalue weighted by Gasteiger charge is 2.36. The molecule has 0 amide bonds. The number of morpholine rings is 1. The van der Waals surface area contributed by atoms with Gasteiger partial charge in [-0.3, -0.25) is 0 Å². The van der Waals surface area contributed by atoms with Crippen LogP contribution in [-0.2, 0) is 4.74 Å². The van der Waals surface area contributed by atoms with E-state index in [0.717, 1.165) is 26.2 Å². The first-order valence-corrected chi connectivity index (χ1v) is 4.84. The molecule has 0 aromatic rings. The lowest BCUT2D eigenvalue weighted by molar-refractivity contribution is -0.101. The minimum absolute atomic E-state index is 0.144. The highest BCUT2D eigenvalue weighted by atomic mass is 16.5. The van der Waals surface area contributed by atoms with E-state index in [1.165, 1.54) is 19.4 Å². The number of hydrogen-bond donors (Lipinski definition) is 1. The summed E-state index contributed by atoms with van der Waals surface area (Å²) in [5.41, 5.74) is 0.144. The summed E-state index contributed by atoms with van der Waals surface area (Å²) in [4.78, 5) is 2.37. The predicted molar refractivity (Wildman–Crippen MR) is 48.3 cm³/mol. The standard InChI is InChI=1S/C9H18N2O/c1-11-5-2-3-9(8-11)7-10-4-6-12-9/h10H,2-8H2,1H3/t9-/m0/s1. The Labute approximate surface area is 74.1 Å². The van der Waals surface area contributed by atoms with Gasteiger partial charge in [0.05, 0.1) is 12.2 Å². The van der Waals surface area contributed by atoms with Crippen molar-refractivity contribution in [1.29, 1.82) is 0 Å². The first kappa shape index (κ1) is 8.48. The monoisotopic (exact) mass is 170 g/mol. The molecule has 2 aliphatic rings. The molecule has 0 aromatic carbocycles. The molecule has 0 bridgehead atoms. The maximum atomic E-state index is 5.87. The lowest BCUT2D eigenvalue weighted by atomic mass is 9.92. The van der Waals surface area contributed by atoms with E-state index in [1.807, 2.05) is 0 Å². The Kier molecular flexibility index (Phi) is 2.35. The van der Waals surface area contributed by atoms with E-state index in [2.05, 4.69) is 17.3 Å². The lowest BCUT2D eigenvalue weighted by Crippen LogP contribution is -2.57. The SMILES string of the molecule is CN1CCC[C@]2(CNCCO2)C1. The molecule has 0 unspecified atom stereocenters. The topological polar surface area (TPSA) is 24.5 Å². The summed E-state index contributed by atoms with van der Waals surface area (Å²) in [6.07, 6.45) is 2.50. The molecule has 70 valence electrons. The van der Waals surface area contributed by atoms with E-state index in [0.29, 0.717) is 0 Å². The average molecular weight is 170 g/mol. The summed E-state index contributed by atoms with van der Waals surface area (Å²) in [6.45, 7) is 5.27. The largest absolute Gasteiger partial charge is 0.371 e. The Morgan fingerprint density at radius 2 is 2.42 bits per heavy atom. The van der Waals surface area contributed by atoms with Crippen LogP contribution >= 0.6 is 0 Å². The van der Waals surface area contributed by atoms with E-state index in [4.69, 9.17) is 4.74 Å². The number of nitrogens with zero attached hydrogens (tertiary/aromatic N) is 1. The van der Waals surface area contributed by atoms with Gasteiger partial charge in [-0.1, -0.05) is 0 Å². The van der Waals surface area contributed by atoms with Crippen LogP contribution in [0.25, 0.3) is 0 Å². The van der Waals surface area contributed by atoms with Crippen LogP contribution in [0.4, 0.5) is 0 Å². The molecule has 12 heavy (non-hydrogen) atoms. The summed E-state index contributed by atoms with van der Waals surface area (Å²) in [5, 5.41) is 3.41. The second kappa shape index (κ2) is 3.32. The van der Waals surface area contributed by atoms with Gasteiger partial charge in [-0.15, -0.1) is 0 Å². The second-order valence-electron chi connectivity index (χ2n) is 4.05. The predicted octanol–water partition coefficient (Wildman–Crippen LogP) is 0.0706. The van der Waals surface area contributed by atoms with Crippen molar-refractivity contribution in [2.75, 3.05) is 39.8 Å². The van der Waals surface area contributed by atoms with Gasteiger partial charge in [-0.25, -0.2) is 0 Å². The molecule has 0 radical (unpaired) electrons. The number of likely N-dealkylation sites (tertiary alicyclic amines) is 1. The Morgan fingerprint density at radius 3 is 3.08 bits per heavy atom. The van der Waals surface area contributed by atoms with Gasteiger partial charge in [-0.2, -0.15) is 0 Å². The Morgan fingerprint density at radius 1 is 1.50 bits per heavy atom. The first-order chi connectivity index (χ1) is 5.81. The number of hydrogen-bond acceptors (Lipinski definition) is 3. The van der Waals surface area contributed by atoms with Crippen molar-refractivity contribution in [3.63, 3.8) is 0 Å². The molecule has 2 heterocycles. The number of piperidine rings is 1. The zero-order valence-electron chi connectivity index (χ0n) is 7.81. The van der Waals surface area contributed by atoms with E-state index >= 15 is 0 Å². The maximum absolute atomic E-state index is 5.87. The average Bonchev–Trinajstić information content (AvgIpc) is 2.05. The van der Waals surface area contributed by atoms with Crippen LogP contribution in [0.2, 0.25) is 0 Å². The van der Waals surface area contributed by atoms with Crippen LogP contribution in [0.5, 0.6) is 0 Å². The highest BCUT2D eigenvalue weighted by molar-refractivity contribution is 4.91. The molecule has 0 aliphatic carbocycles. The third kappa shape index (κ3) is 1.63. The zero-order chi connectivity index (χ0) is 8.44. The fraction of sp³-hybridized carbons (Fsp3) is 1.00. The minimum atomic E-state index is 0.144. The van der Waals surface area contributed by atoms with Crippen molar-refractivity contribution >= 4 is 0 Å².